The fourth-order valence-corrected chi connectivity index (χ4v) is 2.28. The van der Waals surface area contributed by atoms with E-state index in [1.807, 2.05) is 36.4 Å². The molecule has 3 N–H and O–H groups in total. The van der Waals surface area contributed by atoms with Crippen LogP contribution < -0.4 is 5.73 Å². The molecule has 2 aromatic rings. The van der Waals surface area contributed by atoms with Crippen LogP contribution in [0.25, 0.3) is 10.8 Å². The van der Waals surface area contributed by atoms with Crippen LogP contribution in [0.1, 0.15) is 5.56 Å². The maximum atomic E-state index is 8.55. The predicted molar refractivity (Wildman–Crippen MR) is 68.8 cm³/mol. The fraction of sp³-hybridized carbons (Fsp3) is 0.0833. The smallest absolute Gasteiger partial charge is 0.143 e. The number of hydrogen-bond acceptors (Lipinski definition) is 2. The molecule has 4 heteroatoms. The van der Waals surface area contributed by atoms with Gasteiger partial charge in [-0.3, -0.25) is 0 Å². The monoisotopic (exact) mass is 278 g/mol. The minimum absolute atomic E-state index is 0.205. The van der Waals surface area contributed by atoms with E-state index >= 15 is 0 Å². The van der Waals surface area contributed by atoms with Gasteiger partial charge in [-0.05, 0) is 32.3 Å². The summed E-state index contributed by atoms with van der Waals surface area (Å²) in [5.74, 6) is 0.205. The second kappa shape index (κ2) is 4.53. The van der Waals surface area contributed by atoms with Gasteiger partial charge in [0.1, 0.15) is 5.84 Å². The molecular weight excluding hydrogens is 268 g/mol. The lowest BCUT2D eigenvalue weighted by Gasteiger charge is -2.07. The van der Waals surface area contributed by atoms with Crippen molar-refractivity contribution in [2.45, 2.75) is 6.42 Å². The minimum atomic E-state index is 0.205. The molecule has 2 rings (SSSR count). The molecule has 0 aliphatic carbocycles. The number of hydrogen-bond donors (Lipinski definition) is 2. The number of nitrogens with two attached hydrogens (primary N) is 1. The van der Waals surface area contributed by atoms with Crippen LogP contribution in [0.3, 0.4) is 0 Å². The summed E-state index contributed by atoms with van der Waals surface area (Å²) in [6.07, 6.45) is 0.432. The molecule has 0 aliphatic rings. The standard InChI is InChI=1S/C12H11BrN2O/c13-12-9(7-11(14)15-16)6-5-8-3-1-2-4-10(8)12/h1-6,16H,7H2,(H2,14,15). The largest absolute Gasteiger partial charge is 0.409 e. The van der Waals surface area contributed by atoms with Gasteiger partial charge in [-0.1, -0.05) is 41.6 Å². The van der Waals surface area contributed by atoms with Gasteiger partial charge in [0, 0.05) is 10.9 Å². The lowest BCUT2D eigenvalue weighted by molar-refractivity contribution is 0.317. The molecule has 3 nitrogen and oxygen atoms in total. The molecule has 0 bridgehead atoms. The molecule has 0 saturated carbocycles. The van der Waals surface area contributed by atoms with E-state index in [1.54, 1.807) is 0 Å². The summed E-state index contributed by atoms with van der Waals surface area (Å²) < 4.78 is 0.997. The molecule has 0 spiro atoms. The second-order valence-corrected chi connectivity index (χ2v) is 4.32. The molecule has 0 aliphatic heterocycles. The maximum Gasteiger partial charge on any atom is 0.143 e. The van der Waals surface area contributed by atoms with Crippen LogP contribution in [-0.4, -0.2) is 11.0 Å². The van der Waals surface area contributed by atoms with Crippen LogP contribution in [0.4, 0.5) is 0 Å². The number of oxime groups is 1. The van der Waals surface area contributed by atoms with Crippen molar-refractivity contribution >= 4 is 32.5 Å². The highest BCUT2D eigenvalue weighted by Crippen LogP contribution is 2.27. The Bertz CT molecular complexity index is 552. The van der Waals surface area contributed by atoms with Crippen molar-refractivity contribution in [2.75, 3.05) is 0 Å². The molecule has 0 heterocycles. The Morgan fingerprint density at radius 1 is 1.25 bits per heavy atom. The normalized spacial score (nSPS) is 11.9. The average Bonchev–Trinajstić information content (AvgIpc) is 2.33. The van der Waals surface area contributed by atoms with Crippen LogP contribution in [0.2, 0.25) is 0 Å². The quantitative estimate of drug-likeness (QED) is 0.384. The van der Waals surface area contributed by atoms with Crippen molar-refractivity contribution in [1.82, 2.24) is 0 Å². The summed E-state index contributed by atoms with van der Waals surface area (Å²) in [5.41, 5.74) is 6.51. The zero-order chi connectivity index (χ0) is 11.5. The van der Waals surface area contributed by atoms with E-state index in [1.165, 1.54) is 0 Å². The highest BCUT2D eigenvalue weighted by atomic mass is 79.9. The Morgan fingerprint density at radius 2 is 2.00 bits per heavy atom. The number of amidine groups is 1. The summed E-state index contributed by atoms with van der Waals surface area (Å²) in [7, 11) is 0. The predicted octanol–water partition coefficient (Wildman–Crippen LogP) is 2.89. The Hall–Kier alpha value is -1.55. The topological polar surface area (TPSA) is 58.6 Å². The van der Waals surface area contributed by atoms with Gasteiger partial charge in [0.2, 0.25) is 0 Å². The van der Waals surface area contributed by atoms with Crippen molar-refractivity contribution in [2.24, 2.45) is 10.9 Å². The van der Waals surface area contributed by atoms with E-state index in [0.29, 0.717) is 6.42 Å². The maximum absolute atomic E-state index is 8.55. The van der Waals surface area contributed by atoms with Crippen molar-refractivity contribution in [1.29, 1.82) is 0 Å². The van der Waals surface area contributed by atoms with Gasteiger partial charge in [0.05, 0.1) is 0 Å². The first-order valence-electron chi connectivity index (χ1n) is 4.85. The van der Waals surface area contributed by atoms with Gasteiger partial charge in [-0.25, -0.2) is 0 Å². The first-order chi connectivity index (χ1) is 7.72. The lowest BCUT2D eigenvalue weighted by atomic mass is 10.0. The molecule has 0 saturated heterocycles. The second-order valence-electron chi connectivity index (χ2n) is 3.53. The van der Waals surface area contributed by atoms with E-state index in [2.05, 4.69) is 21.1 Å². The molecule has 0 aromatic heterocycles. The summed E-state index contributed by atoms with van der Waals surface area (Å²) in [6.45, 7) is 0. The average molecular weight is 279 g/mol. The molecule has 0 fully saturated rings. The highest BCUT2D eigenvalue weighted by Gasteiger charge is 2.06. The summed E-state index contributed by atoms with van der Waals surface area (Å²) >= 11 is 3.55. The van der Waals surface area contributed by atoms with Gasteiger partial charge in [-0.2, -0.15) is 0 Å². The molecule has 0 atom stereocenters. The Kier molecular flexibility index (Phi) is 3.10. The van der Waals surface area contributed by atoms with Crippen molar-refractivity contribution in [3.63, 3.8) is 0 Å². The molecular formula is C12H11BrN2O. The third kappa shape index (κ3) is 2.02. The fourth-order valence-electron chi connectivity index (χ4n) is 1.65. The number of nitrogens with zero attached hydrogens (tertiary/aromatic N) is 1. The number of halogens is 1. The van der Waals surface area contributed by atoms with Crippen LogP contribution in [-0.2, 0) is 6.42 Å². The first kappa shape index (κ1) is 11.0. The third-order valence-corrected chi connectivity index (χ3v) is 3.38. The van der Waals surface area contributed by atoms with Crippen molar-refractivity contribution in [3.8, 4) is 0 Å². The molecule has 2 aromatic carbocycles. The van der Waals surface area contributed by atoms with Crippen molar-refractivity contribution in [3.05, 3.63) is 46.4 Å². The highest BCUT2D eigenvalue weighted by molar-refractivity contribution is 9.10. The van der Waals surface area contributed by atoms with Crippen LogP contribution in [0, 0.1) is 0 Å². The van der Waals surface area contributed by atoms with Crippen molar-refractivity contribution < 1.29 is 5.21 Å². The SMILES string of the molecule is NC(Cc1ccc2ccccc2c1Br)=NO. The summed E-state index contributed by atoms with van der Waals surface area (Å²) in [6, 6.07) is 12.1. The molecule has 16 heavy (non-hydrogen) atoms. The van der Waals surface area contributed by atoms with Gasteiger partial charge in [0.25, 0.3) is 0 Å². The first-order valence-corrected chi connectivity index (χ1v) is 5.64. The molecule has 82 valence electrons. The van der Waals surface area contributed by atoms with Gasteiger partial charge in [-0.15, -0.1) is 0 Å². The zero-order valence-corrected chi connectivity index (χ0v) is 10.1. The van der Waals surface area contributed by atoms with E-state index in [-0.39, 0.29) is 5.84 Å². The Morgan fingerprint density at radius 3 is 2.75 bits per heavy atom. The molecule has 0 radical (unpaired) electrons. The van der Waals surface area contributed by atoms with Gasteiger partial charge < -0.3 is 10.9 Å². The third-order valence-electron chi connectivity index (χ3n) is 2.44. The summed E-state index contributed by atoms with van der Waals surface area (Å²) in [4.78, 5) is 0. The van der Waals surface area contributed by atoms with E-state index in [0.717, 1.165) is 20.8 Å². The van der Waals surface area contributed by atoms with Gasteiger partial charge >= 0.3 is 0 Å². The van der Waals surface area contributed by atoms with E-state index in [9.17, 15) is 0 Å². The number of benzene rings is 2. The van der Waals surface area contributed by atoms with Gasteiger partial charge in [0.15, 0.2) is 0 Å². The summed E-state index contributed by atoms with van der Waals surface area (Å²) in [5, 5.41) is 13.8. The minimum Gasteiger partial charge on any atom is -0.409 e. The number of rotatable bonds is 2. The van der Waals surface area contributed by atoms with Crippen LogP contribution in [0.5, 0.6) is 0 Å². The lowest BCUT2D eigenvalue weighted by Crippen LogP contribution is -2.14. The zero-order valence-electron chi connectivity index (χ0n) is 8.52. The molecule has 0 amide bonds. The van der Waals surface area contributed by atoms with E-state index < -0.39 is 0 Å². The Labute approximate surface area is 102 Å². The van der Waals surface area contributed by atoms with Crippen LogP contribution in [0.15, 0.2) is 46.0 Å². The van der Waals surface area contributed by atoms with Crippen LogP contribution >= 0.6 is 15.9 Å². The number of fused-ring (bicyclic) bond motifs is 1. The molecule has 0 unspecified atom stereocenters. The Balaban J connectivity index is 2.52. The van der Waals surface area contributed by atoms with E-state index in [4.69, 9.17) is 10.9 Å².